The number of amides is 1. The van der Waals surface area contributed by atoms with Crippen LogP contribution in [0.25, 0.3) is 0 Å². The van der Waals surface area contributed by atoms with Crippen LogP contribution in [0.1, 0.15) is 5.69 Å². The van der Waals surface area contributed by atoms with Gasteiger partial charge in [0.25, 0.3) is 5.92 Å². The number of carbonyl (C=O) groups is 1. The van der Waals surface area contributed by atoms with E-state index in [0.29, 0.717) is 11.5 Å². The molecule has 0 saturated carbocycles. The van der Waals surface area contributed by atoms with Crippen LogP contribution in [-0.4, -0.2) is 29.9 Å². The number of nitrogens with zero attached hydrogens (tertiary/aromatic N) is 2. The van der Waals surface area contributed by atoms with E-state index in [-0.39, 0.29) is 19.5 Å². The van der Waals surface area contributed by atoms with Crippen LogP contribution in [0.4, 0.5) is 14.6 Å². The SMILES string of the molecule is NC(=O)Cc1cccc(N2CC(F)(F)C2)n1. The van der Waals surface area contributed by atoms with Crippen molar-refractivity contribution in [2.75, 3.05) is 18.0 Å². The van der Waals surface area contributed by atoms with Crippen molar-refractivity contribution in [1.82, 2.24) is 4.98 Å². The van der Waals surface area contributed by atoms with Gasteiger partial charge in [0.1, 0.15) is 5.82 Å². The number of anilines is 1. The average molecular weight is 227 g/mol. The number of nitrogens with two attached hydrogens (primary N) is 1. The molecular weight excluding hydrogens is 216 g/mol. The van der Waals surface area contributed by atoms with E-state index in [2.05, 4.69) is 4.98 Å². The van der Waals surface area contributed by atoms with E-state index in [1.165, 1.54) is 4.90 Å². The summed E-state index contributed by atoms with van der Waals surface area (Å²) in [5.41, 5.74) is 5.53. The predicted octanol–water partition coefficient (Wildman–Crippen LogP) is 0.565. The molecule has 2 N–H and O–H groups in total. The normalized spacial score (nSPS) is 18.0. The van der Waals surface area contributed by atoms with Crippen LogP contribution in [0.15, 0.2) is 18.2 Å². The fourth-order valence-electron chi connectivity index (χ4n) is 1.59. The van der Waals surface area contributed by atoms with Crippen LogP contribution in [0.2, 0.25) is 0 Å². The van der Waals surface area contributed by atoms with Crippen LogP contribution in [-0.2, 0) is 11.2 Å². The molecule has 0 aliphatic carbocycles. The summed E-state index contributed by atoms with van der Waals surface area (Å²) in [5, 5.41) is 0. The van der Waals surface area contributed by atoms with Gasteiger partial charge in [0, 0.05) is 0 Å². The maximum absolute atomic E-state index is 12.6. The largest absolute Gasteiger partial charge is 0.369 e. The molecule has 0 bridgehead atoms. The predicted molar refractivity (Wildman–Crippen MR) is 54.3 cm³/mol. The van der Waals surface area contributed by atoms with Gasteiger partial charge in [0.2, 0.25) is 5.91 Å². The minimum absolute atomic E-state index is 0.0259. The summed E-state index contributed by atoms with van der Waals surface area (Å²) in [6.07, 6.45) is 0.0259. The van der Waals surface area contributed by atoms with Gasteiger partial charge in [-0.05, 0) is 12.1 Å². The Kier molecular flexibility index (Phi) is 2.49. The molecule has 2 rings (SSSR count). The summed E-state index contributed by atoms with van der Waals surface area (Å²) in [6.45, 7) is -0.639. The Hall–Kier alpha value is -1.72. The lowest BCUT2D eigenvalue weighted by Gasteiger charge is -2.39. The topological polar surface area (TPSA) is 59.2 Å². The molecule has 2 heterocycles. The Morgan fingerprint density at radius 3 is 2.75 bits per heavy atom. The van der Waals surface area contributed by atoms with Crippen molar-refractivity contribution in [1.29, 1.82) is 0 Å². The van der Waals surface area contributed by atoms with E-state index in [1.807, 2.05) is 0 Å². The maximum Gasteiger partial charge on any atom is 0.282 e. The van der Waals surface area contributed by atoms with Crippen molar-refractivity contribution in [2.45, 2.75) is 12.3 Å². The Morgan fingerprint density at radius 1 is 1.50 bits per heavy atom. The lowest BCUT2D eigenvalue weighted by Crippen LogP contribution is -2.56. The van der Waals surface area contributed by atoms with Gasteiger partial charge < -0.3 is 10.6 Å². The first-order chi connectivity index (χ1) is 7.46. The van der Waals surface area contributed by atoms with Crippen molar-refractivity contribution in [3.63, 3.8) is 0 Å². The van der Waals surface area contributed by atoms with Crippen molar-refractivity contribution in [2.24, 2.45) is 5.73 Å². The van der Waals surface area contributed by atoms with Gasteiger partial charge in [-0.3, -0.25) is 4.79 Å². The number of rotatable bonds is 3. The van der Waals surface area contributed by atoms with Crippen molar-refractivity contribution in [3.05, 3.63) is 23.9 Å². The van der Waals surface area contributed by atoms with Crippen LogP contribution < -0.4 is 10.6 Å². The van der Waals surface area contributed by atoms with Gasteiger partial charge >= 0.3 is 0 Å². The molecule has 0 unspecified atom stereocenters. The summed E-state index contributed by atoms with van der Waals surface area (Å²) in [4.78, 5) is 16.2. The van der Waals surface area contributed by atoms with Gasteiger partial charge in [0.15, 0.2) is 0 Å². The second kappa shape index (κ2) is 3.70. The highest BCUT2D eigenvalue weighted by atomic mass is 19.3. The Morgan fingerprint density at radius 2 is 2.19 bits per heavy atom. The number of hydrogen-bond donors (Lipinski definition) is 1. The first-order valence-electron chi connectivity index (χ1n) is 4.83. The average Bonchev–Trinajstić information content (AvgIpc) is 2.13. The van der Waals surface area contributed by atoms with Crippen LogP contribution in [0.3, 0.4) is 0 Å². The molecule has 4 nitrogen and oxygen atoms in total. The minimum atomic E-state index is -2.62. The third kappa shape index (κ3) is 2.26. The fraction of sp³-hybridized carbons (Fsp3) is 0.400. The highest BCUT2D eigenvalue weighted by molar-refractivity contribution is 5.76. The number of pyridine rings is 1. The highest BCUT2D eigenvalue weighted by Gasteiger charge is 2.44. The quantitative estimate of drug-likeness (QED) is 0.821. The van der Waals surface area contributed by atoms with E-state index < -0.39 is 11.8 Å². The minimum Gasteiger partial charge on any atom is -0.369 e. The molecule has 86 valence electrons. The molecule has 0 atom stereocenters. The van der Waals surface area contributed by atoms with Crippen LogP contribution >= 0.6 is 0 Å². The van der Waals surface area contributed by atoms with Crippen molar-refractivity contribution < 1.29 is 13.6 Å². The number of alkyl halides is 2. The summed E-state index contributed by atoms with van der Waals surface area (Å²) in [5.74, 6) is -2.65. The van der Waals surface area contributed by atoms with Gasteiger partial charge in [-0.2, -0.15) is 0 Å². The van der Waals surface area contributed by atoms with Crippen molar-refractivity contribution in [3.8, 4) is 0 Å². The van der Waals surface area contributed by atoms with Crippen LogP contribution in [0, 0.1) is 0 Å². The molecular formula is C10H11F2N3O. The van der Waals surface area contributed by atoms with Crippen LogP contribution in [0.5, 0.6) is 0 Å². The molecule has 1 amide bonds. The second-order valence-corrected chi connectivity index (χ2v) is 3.84. The second-order valence-electron chi connectivity index (χ2n) is 3.84. The summed E-state index contributed by atoms with van der Waals surface area (Å²) < 4.78 is 25.3. The van der Waals surface area contributed by atoms with E-state index in [9.17, 15) is 13.6 Å². The third-order valence-electron chi connectivity index (χ3n) is 2.32. The van der Waals surface area contributed by atoms with E-state index in [0.717, 1.165) is 0 Å². The number of primary amides is 1. The molecule has 1 aromatic rings. The van der Waals surface area contributed by atoms with Gasteiger partial charge in [0.05, 0.1) is 25.2 Å². The Balaban J connectivity index is 2.08. The lowest BCUT2D eigenvalue weighted by atomic mass is 10.1. The molecule has 1 aliphatic rings. The molecule has 16 heavy (non-hydrogen) atoms. The van der Waals surface area contributed by atoms with E-state index in [4.69, 9.17) is 5.73 Å². The smallest absolute Gasteiger partial charge is 0.282 e. The number of hydrogen-bond acceptors (Lipinski definition) is 3. The molecule has 6 heteroatoms. The number of halogens is 2. The third-order valence-corrected chi connectivity index (χ3v) is 2.32. The Labute approximate surface area is 91.1 Å². The molecule has 0 aromatic carbocycles. The summed E-state index contributed by atoms with van der Waals surface area (Å²) in [6, 6.07) is 4.96. The van der Waals surface area contributed by atoms with E-state index >= 15 is 0 Å². The Bertz CT molecular complexity index is 414. The molecule has 1 aliphatic heterocycles. The first-order valence-corrected chi connectivity index (χ1v) is 4.83. The lowest BCUT2D eigenvalue weighted by molar-refractivity contribution is -0.117. The summed E-state index contributed by atoms with van der Waals surface area (Å²) in [7, 11) is 0. The van der Waals surface area contributed by atoms with Gasteiger partial charge in [-0.25, -0.2) is 13.8 Å². The molecule has 1 fully saturated rings. The molecule has 1 aromatic heterocycles. The first kappa shape index (κ1) is 10.8. The van der Waals surface area contributed by atoms with Gasteiger partial charge in [-0.1, -0.05) is 6.07 Å². The fourth-order valence-corrected chi connectivity index (χ4v) is 1.59. The zero-order valence-electron chi connectivity index (χ0n) is 8.49. The number of carbonyl (C=O) groups excluding carboxylic acids is 1. The maximum atomic E-state index is 12.6. The zero-order chi connectivity index (χ0) is 11.8. The zero-order valence-corrected chi connectivity index (χ0v) is 8.49. The highest BCUT2D eigenvalue weighted by Crippen LogP contribution is 2.30. The standard InChI is InChI=1S/C10H11F2N3O/c11-10(12)5-15(6-10)9-3-1-2-7(14-9)4-8(13)16/h1-3H,4-6H2,(H2,13,16). The summed E-state index contributed by atoms with van der Waals surface area (Å²) >= 11 is 0. The van der Waals surface area contributed by atoms with Gasteiger partial charge in [-0.15, -0.1) is 0 Å². The monoisotopic (exact) mass is 227 g/mol. The van der Waals surface area contributed by atoms with E-state index in [1.54, 1.807) is 18.2 Å². The molecule has 0 spiro atoms. The van der Waals surface area contributed by atoms with Crippen molar-refractivity contribution >= 4 is 11.7 Å². The number of aromatic nitrogens is 1. The molecule has 1 saturated heterocycles. The molecule has 0 radical (unpaired) electrons.